The van der Waals surface area contributed by atoms with Gasteiger partial charge < -0.3 is 9.64 Å². The minimum Gasteiger partial charge on any atom is -0.378 e. The molecule has 1 spiro atoms. The van der Waals surface area contributed by atoms with Crippen molar-refractivity contribution >= 4 is 30.7 Å². The highest BCUT2D eigenvalue weighted by Gasteiger charge is 2.49. The standard InChI is InChI=1S/C32H35F6N3O2.2ClH/c1-22-5-6-24(15-23(22)2)16-28-20-39(9-3-4-10-40-13-14-43-21-30(40)7-8-30)11-12-41(28)29(42)25-17-26(31(33,34)35)19-27(18-25)32(36,37)38;;/h5-6,15,17-19,28H,7-14,16,20-21H2,1-2H3;2*1H/t28-;;/m1../s1. The first kappa shape index (κ1) is 37.0. The van der Waals surface area contributed by atoms with Crippen molar-refractivity contribution in [3.63, 3.8) is 0 Å². The van der Waals surface area contributed by atoms with Crippen LogP contribution in [0.4, 0.5) is 26.3 Å². The van der Waals surface area contributed by atoms with Crippen LogP contribution in [0.3, 0.4) is 0 Å². The van der Waals surface area contributed by atoms with Crippen LogP contribution in [-0.4, -0.2) is 84.7 Å². The van der Waals surface area contributed by atoms with E-state index in [-0.39, 0.29) is 43.0 Å². The number of morpholine rings is 1. The van der Waals surface area contributed by atoms with Crippen LogP contribution in [0.1, 0.15) is 51.0 Å². The summed E-state index contributed by atoms with van der Waals surface area (Å²) in [5.41, 5.74) is -0.420. The van der Waals surface area contributed by atoms with Gasteiger partial charge in [0.1, 0.15) is 0 Å². The van der Waals surface area contributed by atoms with Gasteiger partial charge >= 0.3 is 12.4 Å². The molecule has 1 aliphatic carbocycles. The van der Waals surface area contributed by atoms with Crippen molar-refractivity contribution in [2.75, 3.05) is 52.5 Å². The minimum atomic E-state index is -5.03. The zero-order chi connectivity index (χ0) is 31.0. The number of aryl methyl sites for hydroxylation is 2. The first-order valence-electron chi connectivity index (χ1n) is 14.4. The summed E-state index contributed by atoms with van der Waals surface area (Å²) in [6.45, 7) is 8.25. The summed E-state index contributed by atoms with van der Waals surface area (Å²) >= 11 is 0. The predicted molar refractivity (Wildman–Crippen MR) is 164 cm³/mol. The summed E-state index contributed by atoms with van der Waals surface area (Å²) in [7, 11) is 0. The lowest BCUT2D eigenvalue weighted by molar-refractivity contribution is -0.143. The van der Waals surface area contributed by atoms with Crippen LogP contribution in [0.15, 0.2) is 36.4 Å². The molecular formula is C32H37Cl2F6N3O2. The maximum absolute atomic E-state index is 13.6. The van der Waals surface area contributed by atoms with Crippen LogP contribution in [0.5, 0.6) is 0 Å². The summed E-state index contributed by atoms with van der Waals surface area (Å²) in [6.07, 6.45) is -7.44. The molecule has 2 saturated heterocycles. The molecule has 0 radical (unpaired) electrons. The van der Waals surface area contributed by atoms with Gasteiger partial charge in [-0.2, -0.15) is 26.3 Å². The zero-order valence-electron chi connectivity index (χ0n) is 25.1. The fourth-order valence-electron chi connectivity index (χ4n) is 5.89. The van der Waals surface area contributed by atoms with Gasteiger partial charge in [0.25, 0.3) is 5.91 Å². The summed E-state index contributed by atoms with van der Waals surface area (Å²) in [6, 6.07) is 6.50. The summed E-state index contributed by atoms with van der Waals surface area (Å²) < 4.78 is 86.7. The Hall–Kier alpha value is -2.49. The van der Waals surface area contributed by atoms with Crippen molar-refractivity contribution in [3.8, 4) is 11.8 Å². The molecule has 5 rings (SSSR count). The summed E-state index contributed by atoms with van der Waals surface area (Å²) in [5.74, 6) is 5.65. The number of ether oxygens (including phenoxy) is 1. The SMILES string of the molecule is Cc1ccc(C[C@@H]2CN(CC#CCN3CCOCC34CC4)CCN2C(=O)c2cc(C(F)(F)F)cc(C(F)(F)F)c2)cc1C.Cl.Cl. The Morgan fingerprint density at radius 3 is 2.13 bits per heavy atom. The van der Waals surface area contributed by atoms with Crippen LogP contribution in [-0.2, 0) is 23.5 Å². The smallest absolute Gasteiger partial charge is 0.378 e. The second-order valence-corrected chi connectivity index (χ2v) is 11.9. The molecule has 5 nitrogen and oxygen atoms in total. The maximum atomic E-state index is 13.6. The molecule has 3 aliphatic rings. The van der Waals surface area contributed by atoms with Crippen molar-refractivity contribution in [2.24, 2.45) is 0 Å². The number of rotatable bonds is 5. The van der Waals surface area contributed by atoms with E-state index in [1.165, 1.54) is 4.90 Å². The molecule has 0 N–H and O–H groups in total. The van der Waals surface area contributed by atoms with Gasteiger partial charge in [0, 0.05) is 43.3 Å². The summed E-state index contributed by atoms with van der Waals surface area (Å²) in [4.78, 5) is 19.5. The molecule has 0 bridgehead atoms. The molecule has 1 atom stereocenters. The molecule has 13 heteroatoms. The molecule has 2 aliphatic heterocycles. The third-order valence-corrected chi connectivity index (χ3v) is 8.78. The van der Waals surface area contributed by atoms with Gasteiger partial charge in [-0.25, -0.2) is 0 Å². The first-order chi connectivity index (χ1) is 20.2. The predicted octanol–water partition coefficient (Wildman–Crippen LogP) is 6.42. The van der Waals surface area contributed by atoms with Crippen molar-refractivity contribution in [1.29, 1.82) is 0 Å². The van der Waals surface area contributed by atoms with Crippen molar-refractivity contribution in [1.82, 2.24) is 14.7 Å². The average molecular weight is 681 g/mol. The minimum absolute atomic E-state index is 0. The molecule has 3 fully saturated rings. The topological polar surface area (TPSA) is 36.0 Å². The largest absolute Gasteiger partial charge is 0.416 e. The van der Waals surface area contributed by atoms with Gasteiger partial charge in [0.2, 0.25) is 0 Å². The van der Waals surface area contributed by atoms with E-state index >= 15 is 0 Å². The first-order valence-corrected chi connectivity index (χ1v) is 14.4. The Morgan fingerprint density at radius 2 is 1.53 bits per heavy atom. The second-order valence-electron chi connectivity index (χ2n) is 11.9. The van der Waals surface area contributed by atoms with E-state index in [0.717, 1.165) is 42.7 Å². The fraction of sp³-hybridized carbons (Fsp3) is 0.531. The Balaban J connectivity index is 0.00000276. The van der Waals surface area contributed by atoms with E-state index in [4.69, 9.17) is 4.74 Å². The van der Waals surface area contributed by atoms with E-state index in [2.05, 4.69) is 21.6 Å². The average Bonchev–Trinajstić information content (AvgIpc) is 3.72. The fourth-order valence-corrected chi connectivity index (χ4v) is 5.89. The number of benzene rings is 2. The van der Waals surface area contributed by atoms with Crippen LogP contribution < -0.4 is 0 Å². The van der Waals surface area contributed by atoms with Gasteiger partial charge in [-0.05, 0) is 68.0 Å². The molecule has 1 saturated carbocycles. The van der Waals surface area contributed by atoms with E-state index in [9.17, 15) is 31.1 Å². The third kappa shape index (κ3) is 8.86. The number of halogens is 8. The number of amides is 1. The van der Waals surface area contributed by atoms with Crippen molar-refractivity contribution < 1.29 is 35.9 Å². The number of hydrogen-bond donors (Lipinski definition) is 0. The molecule has 1 amide bonds. The normalized spacial score (nSPS) is 20.1. The van der Waals surface area contributed by atoms with Gasteiger partial charge in [-0.3, -0.25) is 14.6 Å². The number of alkyl halides is 6. The molecule has 248 valence electrons. The zero-order valence-corrected chi connectivity index (χ0v) is 26.7. The highest BCUT2D eigenvalue weighted by atomic mass is 35.5. The molecule has 2 aromatic rings. The van der Waals surface area contributed by atoms with Gasteiger partial charge in [-0.1, -0.05) is 30.0 Å². The lowest BCUT2D eigenvalue weighted by Gasteiger charge is -2.41. The number of carbonyl (C=O) groups is 1. The number of piperazine rings is 1. The molecule has 2 heterocycles. The Bertz CT molecular complexity index is 1390. The van der Waals surface area contributed by atoms with Crippen molar-refractivity contribution in [2.45, 2.75) is 57.0 Å². The number of nitrogens with zero attached hydrogens (tertiary/aromatic N) is 3. The van der Waals surface area contributed by atoms with Gasteiger partial charge in [0.05, 0.1) is 37.4 Å². The number of hydrogen-bond acceptors (Lipinski definition) is 4. The monoisotopic (exact) mass is 679 g/mol. The Kier molecular flexibility index (Phi) is 11.9. The van der Waals surface area contributed by atoms with E-state index < -0.39 is 41.0 Å². The maximum Gasteiger partial charge on any atom is 0.416 e. The highest BCUT2D eigenvalue weighted by molar-refractivity contribution is 5.95. The highest BCUT2D eigenvalue weighted by Crippen LogP contribution is 2.43. The number of carbonyl (C=O) groups excluding carboxylic acids is 1. The molecule has 0 unspecified atom stereocenters. The van der Waals surface area contributed by atoms with Crippen LogP contribution in [0.25, 0.3) is 0 Å². The Labute approximate surface area is 272 Å². The van der Waals surface area contributed by atoms with Crippen molar-refractivity contribution in [3.05, 3.63) is 69.8 Å². The Morgan fingerprint density at radius 1 is 0.889 bits per heavy atom. The molecule has 0 aromatic heterocycles. The third-order valence-electron chi connectivity index (χ3n) is 8.78. The molecule has 2 aromatic carbocycles. The summed E-state index contributed by atoms with van der Waals surface area (Å²) in [5, 5.41) is 0. The lowest BCUT2D eigenvalue weighted by atomic mass is 9.97. The van der Waals surface area contributed by atoms with E-state index in [1.807, 2.05) is 32.0 Å². The van der Waals surface area contributed by atoms with Gasteiger partial charge in [-0.15, -0.1) is 24.8 Å². The lowest BCUT2D eigenvalue weighted by Crippen LogP contribution is -2.56. The quantitative estimate of drug-likeness (QED) is 0.270. The van der Waals surface area contributed by atoms with Gasteiger partial charge in [0.15, 0.2) is 0 Å². The van der Waals surface area contributed by atoms with E-state index in [0.29, 0.717) is 51.3 Å². The second kappa shape index (κ2) is 14.5. The van der Waals surface area contributed by atoms with Crippen LogP contribution in [0.2, 0.25) is 0 Å². The van der Waals surface area contributed by atoms with Crippen LogP contribution in [0, 0.1) is 25.7 Å². The van der Waals surface area contributed by atoms with E-state index in [1.54, 1.807) is 0 Å². The molecule has 45 heavy (non-hydrogen) atoms. The van der Waals surface area contributed by atoms with Crippen LogP contribution >= 0.6 is 24.8 Å². The molecular weight excluding hydrogens is 643 g/mol.